The summed E-state index contributed by atoms with van der Waals surface area (Å²) in [5, 5.41) is 11.7. The molecule has 7 nitrogen and oxygen atoms in total. The Morgan fingerprint density at radius 2 is 2.32 bits per heavy atom. The molecule has 1 amide bonds. The molecule has 0 fully saturated rings. The van der Waals surface area contributed by atoms with E-state index in [9.17, 15) is 9.59 Å². The van der Waals surface area contributed by atoms with E-state index in [-0.39, 0.29) is 17.3 Å². The summed E-state index contributed by atoms with van der Waals surface area (Å²) in [6.45, 7) is -0.181. The molecule has 1 heterocycles. The highest BCUT2D eigenvalue weighted by Crippen LogP contribution is 2.16. The molecule has 9 heteroatoms. The minimum absolute atomic E-state index is 0.00117. The van der Waals surface area contributed by atoms with Crippen LogP contribution in [0.3, 0.4) is 0 Å². The van der Waals surface area contributed by atoms with Gasteiger partial charge < -0.3 is 15.2 Å². The molecule has 1 unspecified atom stereocenters. The van der Waals surface area contributed by atoms with Gasteiger partial charge in [-0.2, -0.15) is 0 Å². The van der Waals surface area contributed by atoms with Crippen LogP contribution in [0.15, 0.2) is 11.4 Å². The predicted octanol–water partition coefficient (Wildman–Crippen LogP) is 0.681. The van der Waals surface area contributed by atoms with Crippen LogP contribution in [-0.4, -0.2) is 53.0 Å². The first-order valence-corrected chi connectivity index (χ1v) is 6.70. The molecular weight excluding hydrogens is 294 g/mol. The van der Waals surface area contributed by atoms with Crippen LogP contribution in [0.2, 0.25) is 5.02 Å². The van der Waals surface area contributed by atoms with Gasteiger partial charge in [-0.3, -0.25) is 4.79 Å². The summed E-state index contributed by atoms with van der Waals surface area (Å²) < 4.78 is 4.69. The second-order valence-electron chi connectivity index (χ2n) is 3.33. The Morgan fingerprint density at radius 3 is 2.84 bits per heavy atom. The smallest absolute Gasteiger partial charge is 0.334 e. The van der Waals surface area contributed by atoms with E-state index in [1.165, 1.54) is 25.1 Å². The largest absolute Gasteiger partial charge is 0.479 e. The molecule has 0 aliphatic carbocycles. The molecule has 1 aromatic heterocycles. The number of carboxylic acid groups (broad SMARTS) is 1. The normalized spacial score (nSPS) is 11.9. The van der Waals surface area contributed by atoms with Crippen molar-refractivity contribution in [1.29, 1.82) is 0 Å². The van der Waals surface area contributed by atoms with E-state index in [0.29, 0.717) is 5.16 Å². The number of rotatable bonds is 6. The molecule has 104 valence electrons. The van der Waals surface area contributed by atoms with Crippen LogP contribution >= 0.6 is 23.4 Å². The molecule has 0 aliphatic rings. The van der Waals surface area contributed by atoms with Crippen molar-refractivity contribution >= 4 is 35.2 Å². The Bertz CT molecular complexity index is 486. The molecule has 0 aliphatic heterocycles. The van der Waals surface area contributed by atoms with Gasteiger partial charge >= 0.3 is 5.97 Å². The first-order chi connectivity index (χ1) is 8.99. The first-order valence-electron chi connectivity index (χ1n) is 5.10. The maximum Gasteiger partial charge on any atom is 0.334 e. The van der Waals surface area contributed by atoms with Crippen molar-refractivity contribution in [2.45, 2.75) is 11.3 Å². The standard InChI is InChI=1S/C10H12ClN3O4S/c1-18-6(9(16)17)4-12-8(15)7-5(11)3-13-10(14-7)19-2/h3,6H,4H2,1-2H3,(H,12,15)(H,16,17). The number of thioether (sulfide) groups is 1. The van der Waals surface area contributed by atoms with Gasteiger partial charge in [-0.15, -0.1) is 0 Å². The summed E-state index contributed by atoms with van der Waals surface area (Å²) in [5.41, 5.74) is 0.00117. The fourth-order valence-electron chi connectivity index (χ4n) is 1.15. The monoisotopic (exact) mass is 305 g/mol. The molecule has 0 saturated carbocycles. The molecule has 0 bridgehead atoms. The Labute approximate surface area is 118 Å². The van der Waals surface area contributed by atoms with Crippen molar-refractivity contribution in [2.24, 2.45) is 0 Å². The Kier molecular flexibility index (Phi) is 6.00. The maximum atomic E-state index is 11.8. The Morgan fingerprint density at radius 1 is 1.63 bits per heavy atom. The van der Waals surface area contributed by atoms with Gasteiger partial charge in [0.25, 0.3) is 5.91 Å². The van der Waals surface area contributed by atoms with E-state index in [2.05, 4.69) is 20.0 Å². The van der Waals surface area contributed by atoms with Gasteiger partial charge in [0.2, 0.25) is 0 Å². The van der Waals surface area contributed by atoms with E-state index in [4.69, 9.17) is 16.7 Å². The van der Waals surface area contributed by atoms with E-state index in [1.807, 2.05) is 0 Å². The quantitative estimate of drug-likeness (QED) is 0.588. The van der Waals surface area contributed by atoms with E-state index < -0.39 is 18.0 Å². The summed E-state index contributed by atoms with van der Waals surface area (Å²) >= 11 is 7.08. The van der Waals surface area contributed by atoms with Gasteiger partial charge in [-0.05, 0) is 6.26 Å². The Balaban J connectivity index is 2.75. The fourth-order valence-corrected chi connectivity index (χ4v) is 1.67. The number of amides is 1. The van der Waals surface area contributed by atoms with Crippen molar-refractivity contribution in [2.75, 3.05) is 19.9 Å². The highest BCUT2D eigenvalue weighted by atomic mass is 35.5. The lowest BCUT2D eigenvalue weighted by Gasteiger charge is -2.11. The van der Waals surface area contributed by atoms with Crippen LogP contribution in [0.1, 0.15) is 10.5 Å². The van der Waals surface area contributed by atoms with Crippen molar-refractivity contribution in [3.05, 3.63) is 16.9 Å². The average Bonchev–Trinajstić information content (AvgIpc) is 2.39. The van der Waals surface area contributed by atoms with Crippen molar-refractivity contribution < 1.29 is 19.4 Å². The SMILES string of the molecule is COC(CNC(=O)c1nc(SC)ncc1Cl)C(=O)O. The third-order valence-corrected chi connectivity index (χ3v) is 2.97. The number of aromatic nitrogens is 2. The number of ether oxygens (including phenoxy) is 1. The van der Waals surface area contributed by atoms with Gasteiger partial charge in [0.15, 0.2) is 17.0 Å². The summed E-state index contributed by atoms with van der Waals surface area (Å²) in [7, 11) is 1.24. The number of halogens is 1. The van der Waals surface area contributed by atoms with E-state index in [1.54, 1.807) is 6.26 Å². The Hall–Kier alpha value is -1.38. The summed E-state index contributed by atoms with van der Waals surface area (Å²) in [4.78, 5) is 30.4. The van der Waals surface area contributed by atoms with E-state index in [0.717, 1.165) is 0 Å². The molecule has 0 spiro atoms. The molecule has 1 aromatic rings. The first kappa shape index (κ1) is 15.7. The molecule has 0 radical (unpaired) electrons. The summed E-state index contributed by atoms with van der Waals surface area (Å²) in [6, 6.07) is 0. The van der Waals surface area contributed by atoms with Gasteiger partial charge in [0, 0.05) is 7.11 Å². The molecule has 1 rings (SSSR count). The molecule has 0 saturated heterocycles. The number of nitrogens with zero attached hydrogens (tertiary/aromatic N) is 2. The molecular formula is C10H12ClN3O4S. The van der Waals surface area contributed by atoms with Gasteiger partial charge in [-0.25, -0.2) is 14.8 Å². The number of hydrogen-bond acceptors (Lipinski definition) is 6. The van der Waals surface area contributed by atoms with Crippen molar-refractivity contribution in [1.82, 2.24) is 15.3 Å². The number of carbonyl (C=O) groups excluding carboxylic acids is 1. The van der Waals surface area contributed by atoms with Gasteiger partial charge in [0.05, 0.1) is 17.8 Å². The van der Waals surface area contributed by atoms with Crippen LogP contribution in [0, 0.1) is 0 Å². The minimum atomic E-state index is -1.17. The summed E-state index contributed by atoms with van der Waals surface area (Å²) in [5.74, 6) is -1.74. The lowest BCUT2D eigenvalue weighted by Crippen LogP contribution is -2.38. The van der Waals surface area contributed by atoms with Crippen LogP contribution in [-0.2, 0) is 9.53 Å². The minimum Gasteiger partial charge on any atom is -0.479 e. The highest BCUT2D eigenvalue weighted by molar-refractivity contribution is 7.98. The van der Waals surface area contributed by atoms with Gasteiger partial charge in [0.1, 0.15) is 0 Å². The zero-order chi connectivity index (χ0) is 14.4. The highest BCUT2D eigenvalue weighted by Gasteiger charge is 2.19. The molecule has 19 heavy (non-hydrogen) atoms. The number of nitrogens with one attached hydrogen (secondary N) is 1. The third kappa shape index (κ3) is 4.34. The zero-order valence-corrected chi connectivity index (χ0v) is 11.8. The predicted molar refractivity (Wildman–Crippen MR) is 69.6 cm³/mol. The van der Waals surface area contributed by atoms with Crippen LogP contribution in [0.5, 0.6) is 0 Å². The second kappa shape index (κ2) is 7.27. The van der Waals surface area contributed by atoms with E-state index >= 15 is 0 Å². The number of aliphatic carboxylic acids is 1. The van der Waals surface area contributed by atoms with Crippen molar-refractivity contribution in [3.63, 3.8) is 0 Å². The number of hydrogen-bond donors (Lipinski definition) is 2. The topological polar surface area (TPSA) is 101 Å². The number of methoxy groups -OCH3 is 1. The van der Waals surface area contributed by atoms with Crippen molar-refractivity contribution in [3.8, 4) is 0 Å². The van der Waals surface area contributed by atoms with Crippen LogP contribution in [0.25, 0.3) is 0 Å². The molecule has 2 N–H and O–H groups in total. The average molecular weight is 306 g/mol. The molecule has 0 aromatic carbocycles. The second-order valence-corrected chi connectivity index (χ2v) is 4.51. The third-order valence-electron chi connectivity index (χ3n) is 2.13. The fraction of sp³-hybridized carbons (Fsp3) is 0.400. The zero-order valence-electron chi connectivity index (χ0n) is 10.2. The lowest BCUT2D eigenvalue weighted by molar-refractivity contribution is -0.148. The lowest BCUT2D eigenvalue weighted by atomic mass is 10.3. The van der Waals surface area contributed by atoms with Crippen LogP contribution < -0.4 is 5.32 Å². The van der Waals surface area contributed by atoms with Gasteiger partial charge in [-0.1, -0.05) is 23.4 Å². The number of carbonyl (C=O) groups is 2. The number of carboxylic acids is 1. The van der Waals surface area contributed by atoms with Crippen LogP contribution in [0.4, 0.5) is 0 Å². The summed E-state index contributed by atoms with van der Waals surface area (Å²) in [6.07, 6.45) is 1.96. The molecule has 1 atom stereocenters. The maximum absolute atomic E-state index is 11.8.